The molecule has 104 valence electrons. The summed E-state index contributed by atoms with van der Waals surface area (Å²) in [5.74, 6) is 0.561. The van der Waals surface area contributed by atoms with Gasteiger partial charge in [0.2, 0.25) is 0 Å². The van der Waals surface area contributed by atoms with Crippen molar-refractivity contribution in [2.24, 2.45) is 0 Å². The standard InChI is InChI=1S/C13H17N3O2.ClH/c14-10-11-1-2-12(15)9-13(11)18-8-5-16-3-6-17-7-4-16;/h1-2,9H,3-8,15H2;1H. The highest BCUT2D eigenvalue weighted by Crippen LogP contribution is 2.20. The number of benzene rings is 1. The molecule has 0 atom stereocenters. The van der Waals surface area contributed by atoms with Crippen molar-refractivity contribution in [3.8, 4) is 11.8 Å². The van der Waals surface area contributed by atoms with Crippen LogP contribution in [0.1, 0.15) is 5.56 Å². The Morgan fingerprint density at radius 3 is 2.79 bits per heavy atom. The maximum Gasteiger partial charge on any atom is 0.139 e. The maximum absolute atomic E-state index is 8.96. The number of halogens is 1. The minimum atomic E-state index is 0. The van der Waals surface area contributed by atoms with E-state index in [1.54, 1.807) is 18.2 Å². The van der Waals surface area contributed by atoms with E-state index in [-0.39, 0.29) is 12.4 Å². The molecule has 1 aliphatic rings. The Hall–Kier alpha value is -1.48. The van der Waals surface area contributed by atoms with Crippen LogP contribution in [0.5, 0.6) is 5.75 Å². The smallest absolute Gasteiger partial charge is 0.139 e. The number of ether oxygens (including phenoxy) is 2. The summed E-state index contributed by atoms with van der Waals surface area (Å²) in [5.41, 5.74) is 6.81. The van der Waals surface area contributed by atoms with Crippen molar-refractivity contribution in [3.63, 3.8) is 0 Å². The van der Waals surface area contributed by atoms with Crippen molar-refractivity contribution < 1.29 is 9.47 Å². The van der Waals surface area contributed by atoms with Crippen LogP contribution >= 0.6 is 12.4 Å². The molecule has 0 spiro atoms. The second-order valence-electron chi connectivity index (χ2n) is 4.17. The van der Waals surface area contributed by atoms with Crippen LogP contribution in [-0.2, 0) is 4.74 Å². The Kier molecular flexibility index (Phi) is 6.43. The van der Waals surface area contributed by atoms with Gasteiger partial charge in [0.1, 0.15) is 18.4 Å². The van der Waals surface area contributed by atoms with Gasteiger partial charge >= 0.3 is 0 Å². The minimum Gasteiger partial charge on any atom is -0.491 e. The van der Waals surface area contributed by atoms with E-state index in [1.165, 1.54) is 0 Å². The number of hydrogen-bond acceptors (Lipinski definition) is 5. The highest BCUT2D eigenvalue weighted by Gasteiger charge is 2.10. The average molecular weight is 284 g/mol. The molecule has 2 rings (SSSR count). The van der Waals surface area contributed by atoms with Crippen molar-refractivity contribution in [1.82, 2.24) is 4.90 Å². The maximum atomic E-state index is 8.96. The van der Waals surface area contributed by atoms with E-state index in [2.05, 4.69) is 11.0 Å². The lowest BCUT2D eigenvalue weighted by atomic mass is 10.2. The lowest BCUT2D eigenvalue weighted by Crippen LogP contribution is -2.38. The van der Waals surface area contributed by atoms with E-state index in [0.29, 0.717) is 23.6 Å². The molecule has 6 heteroatoms. The number of nitrogens with two attached hydrogens (primary N) is 1. The topological polar surface area (TPSA) is 71.5 Å². The largest absolute Gasteiger partial charge is 0.491 e. The van der Waals surface area contributed by atoms with Gasteiger partial charge in [0.25, 0.3) is 0 Å². The normalized spacial score (nSPS) is 15.3. The molecule has 0 aromatic heterocycles. The molecule has 0 saturated carbocycles. The van der Waals surface area contributed by atoms with Crippen molar-refractivity contribution in [2.45, 2.75) is 0 Å². The molecule has 0 radical (unpaired) electrons. The molecule has 1 saturated heterocycles. The first-order chi connectivity index (χ1) is 8.79. The third-order valence-corrected chi connectivity index (χ3v) is 2.89. The number of anilines is 1. The first kappa shape index (κ1) is 15.6. The summed E-state index contributed by atoms with van der Waals surface area (Å²) in [6.07, 6.45) is 0. The van der Waals surface area contributed by atoms with Crippen molar-refractivity contribution in [1.29, 1.82) is 5.26 Å². The fourth-order valence-electron chi connectivity index (χ4n) is 1.86. The van der Waals surface area contributed by atoms with Gasteiger partial charge in [0, 0.05) is 31.4 Å². The molecule has 19 heavy (non-hydrogen) atoms. The van der Waals surface area contributed by atoms with Crippen molar-refractivity contribution in [2.75, 3.05) is 45.2 Å². The Labute approximate surface area is 119 Å². The Morgan fingerprint density at radius 2 is 2.11 bits per heavy atom. The van der Waals surface area contributed by atoms with Gasteiger partial charge in [-0.3, -0.25) is 4.90 Å². The van der Waals surface area contributed by atoms with Gasteiger partial charge in [0.15, 0.2) is 0 Å². The van der Waals surface area contributed by atoms with Gasteiger partial charge < -0.3 is 15.2 Å². The van der Waals surface area contributed by atoms with E-state index in [0.717, 1.165) is 32.8 Å². The van der Waals surface area contributed by atoms with Gasteiger partial charge in [-0.25, -0.2) is 0 Å². The van der Waals surface area contributed by atoms with Crippen LogP contribution in [0.15, 0.2) is 18.2 Å². The van der Waals surface area contributed by atoms with Gasteiger partial charge in [-0.05, 0) is 12.1 Å². The van der Waals surface area contributed by atoms with Crippen LogP contribution in [0.4, 0.5) is 5.69 Å². The number of rotatable bonds is 4. The zero-order valence-electron chi connectivity index (χ0n) is 10.7. The van der Waals surface area contributed by atoms with E-state index in [9.17, 15) is 0 Å². The monoisotopic (exact) mass is 283 g/mol. The lowest BCUT2D eigenvalue weighted by molar-refractivity contribution is 0.0322. The third kappa shape index (κ3) is 4.60. The molecule has 1 aromatic carbocycles. The Morgan fingerprint density at radius 1 is 1.37 bits per heavy atom. The summed E-state index contributed by atoms with van der Waals surface area (Å²) < 4.78 is 10.9. The van der Waals surface area contributed by atoms with Gasteiger partial charge in [-0.2, -0.15) is 5.26 Å². The molecular weight excluding hydrogens is 266 g/mol. The number of hydrogen-bond donors (Lipinski definition) is 1. The summed E-state index contributed by atoms with van der Waals surface area (Å²) in [4.78, 5) is 2.28. The second kappa shape index (κ2) is 7.85. The van der Waals surface area contributed by atoms with Crippen LogP contribution < -0.4 is 10.5 Å². The Balaban J connectivity index is 0.00000180. The molecule has 1 aliphatic heterocycles. The molecule has 0 unspecified atom stereocenters. The van der Waals surface area contributed by atoms with Crippen molar-refractivity contribution in [3.05, 3.63) is 23.8 Å². The molecule has 1 fully saturated rings. The van der Waals surface area contributed by atoms with Gasteiger partial charge in [0.05, 0.1) is 18.8 Å². The fraction of sp³-hybridized carbons (Fsp3) is 0.462. The summed E-state index contributed by atoms with van der Waals surface area (Å²) in [6.45, 7) is 4.82. The highest BCUT2D eigenvalue weighted by atomic mass is 35.5. The number of nitrogen functional groups attached to an aromatic ring is 1. The van der Waals surface area contributed by atoms with E-state index >= 15 is 0 Å². The van der Waals surface area contributed by atoms with E-state index in [4.69, 9.17) is 20.5 Å². The minimum absolute atomic E-state index is 0. The quantitative estimate of drug-likeness (QED) is 0.843. The van der Waals surface area contributed by atoms with Crippen LogP contribution in [-0.4, -0.2) is 44.4 Å². The van der Waals surface area contributed by atoms with E-state index < -0.39 is 0 Å². The molecule has 2 N–H and O–H groups in total. The van der Waals surface area contributed by atoms with Crippen LogP contribution in [0.3, 0.4) is 0 Å². The fourth-order valence-corrected chi connectivity index (χ4v) is 1.86. The molecule has 0 bridgehead atoms. The number of nitriles is 1. The molecule has 5 nitrogen and oxygen atoms in total. The zero-order chi connectivity index (χ0) is 12.8. The van der Waals surface area contributed by atoms with Crippen LogP contribution in [0.25, 0.3) is 0 Å². The summed E-state index contributed by atoms with van der Waals surface area (Å²) in [6, 6.07) is 7.17. The Bertz CT molecular complexity index is 442. The second-order valence-corrected chi connectivity index (χ2v) is 4.17. The molecule has 1 aromatic rings. The highest BCUT2D eigenvalue weighted by molar-refractivity contribution is 5.85. The molecule has 0 aliphatic carbocycles. The van der Waals surface area contributed by atoms with Crippen LogP contribution in [0, 0.1) is 11.3 Å². The molecule has 1 heterocycles. The zero-order valence-corrected chi connectivity index (χ0v) is 11.5. The first-order valence-corrected chi connectivity index (χ1v) is 6.02. The lowest BCUT2D eigenvalue weighted by Gasteiger charge is -2.26. The summed E-state index contributed by atoms with van der Waals surface area (Å²) >= 11 is 0. The van der Waals surface area contributed by atoms with Gasteiger partial charge in [-0.15, -0.1) is 12.4 Å². The number of morpholine rings is 1. The molecular formula is C13H18ClN3O2. The first-order valence-electron chi connectivity index (χ1n) is 6.02. The SMILES string of the molecule is Cl.N#Cc1ccc(N)cc1OCCN1CCOCC1. The van der Waals surface area contributed by atoms with Crippen LogP contribution in [0.2, 0.25) is 0 Å². The van der Waals surface area contributed by atoms with E-state index in [1.807, 2.05) is 0 Å². The summed E-state index contributed by atoms with van der Waals surface area (Å²) in [7, 11) is 0. The van der Waals surface area contributed by atoms with Crippen molar-refractivity contribution >= 4 is 18.1 Å². The third-order valence-electron chi connectivity index (χ3n) is 2.89. The number of nitrogens with zero attached hydrogens (tertiary/aromatic N) is 2. The molecule has 0 amide bonds. The van der Waals surface area contributed by atoms with Gasteiger partial charge in [-0.1, -0.05) is 0 Å². The average Bonchev–Trinajstić information content (AvgIpc) is 2.40. The predicted octanol–water partition coefficient (Wildman–Crippen LogP) is 1.27. The summed E-state index contributed by atoms with van der Waals surface area (Å²) in [5, 5.41) is 8.96. The predicted molar refractivity (Wildman–Crippen MR) is 75.6 cm³/mol.